The molecule has 0 spiro atoms. The Labute approximate surface area is 145 Å². The van der Waals surface area contributed by atoms with E-state index in [1.54, 1.807) is 0 Å². The lowest BCUT2D eigenvalue weighted by atomic mass is 10.1. The van der Waals surface area contributed by atoms with Gasteiger partial charge < -0.3 is 9.40 Å². The fraction of sp³-hybridized carbons (Fsp3) is 0.190. The highest BCUT2D eigenvalue weighted by Gasteiger charge is 2.14. The normalized spacial score (nSPS) is 15.4. The first-order valence-corrected chi connectivity index (χ1v) is 8.71. The van der Waals surface area contributed by atoms with Crippen LogP contribution in [-0.4, -0.2) is 28.0 Å². The molecule has 0 aliphatic carbocycles. The molecule has 0 saturated heterocycles. The average molecular weight is 329 g/mol. The summed E-state index contributed by atoms with van der Waals surface area (Å²) in [6.07, 6.45) is 5.59. The molecular formula is C21H19N3O. The second-order valence-corrected chi connectivity index (χ2v) is 6.53. The third kappa shape index (κ3) is 2.65. The van der Waals surface area contributed by atoms with Crippen LogP contribution in [0.15, 0.2) is 65.1 Å². The number of imidazole rings is 1. The number of para-hydroxylation sites is 2. The van der Waals surface area contributed by atoms with E-state index in [1.807, 2.05) is 24.3 Å². The Morgan fingerprint density at radius 1 is 1.08 bits per heavy atom. The molecule has 1 N–H and O–H groups in total. The van der Waals surface area contributed by atoms with Crippen LogP contribution < -0.4 is 0 Å². The van der Waals surface area contributed by atoms with Gasteiger partial charge in [-0.25, -0.2) is 4.98 Å². The van der Waals surface area contributed by atoms with Gasteiger partial charge in [0.25, 0.3) is 0 Å². The van der Waals surface area contributed by atoms with Crippen molar-refractivity contribution in [2.45, 2.75) is 13.0 Å². The summed E-state index contributed by atoms with van der Waals surface area (Å²) in [4.78, 5) is 10.7. The summed E-state index contributed by atoms with van der Waals surface area (Å²) < 4.78 is 6.05. The van der Waals surface area contributed by atoms with Crippen LogP contribution in [-0.2, 0) is 6.54 Å². The zero-order valence-corrected chi connectivity index (χ0v) is 13.9. The summed E-state index contributed by atoms with van der Waals surface area (Å²) in [5.41, 5.74) is 4.00. The first-order valence-electron chi connectivity index (χ1n) is 8.71. The number of nitrogens with one attached hydrogen (secondary N) is 1. The second-order valence-electron chi connectivity index (χ2n) is 6.53. The van der Waals surface area contributed by atoms with Crippen molar-refractivity contribution in [2.75, 3.05) is 13.1 Å². The molecule has 2 aromatic carbocycles. The van der Waals surface area contributed by atoms with Crippen molar-refractivity contribution in [3.8, 4) is 11.3 Å². The largest absolute Gasteiger partial charge is 0.456 e. The molecule has 2 aromatic heterocycles. The third-order valence-electron chi connectivity index (χ3n) is 4.77. The summed E-state index contributed by atoms with van der Waals surface area (Å²) in [6, 6.07) is 16.4. The van der Waals surface area contributed by atoms with Gasteiger partial charge in [0.2, 0.25) is 0 Å². The van der Waals surface area contributed by atoms with Crippen molar-refractivity contribution >= 4 is 22.0 Å². The first kappa shape index (κ1) is 14.5. The highest BCUT2D eigenvalue weighted by Crippen LogP contribution is 2.32. The van der Waals surface area contributed by atoms with Gasteiger partial charge in [-0.3, -0.25) is 4.90 Å². The summed E-state index contributed by atoms with van der Waals surface area (Å²) in [6.45, 7) is 2.93. The topological polar surface area (TPSA) is 45.1 Å². The lowest BCUT2D eigenvalue weighted by molar-refractivity contribution is 0.284. The molecule has 0 radical (unpaired) electrons. The Balaban J connectivity index is 1.55. The maximum Gasteiger partial charge on any atom is 0.137 e. The van der Waals surface area contributed by atoms with Crippen LogP contribution >= 0.6 is 0 Å². The molecule has 0 atom stereocenters. The summed E-state index contributed by atoms with van der Waals surface area (Å²) in [5, 5.41) is 1.12. The van der Waals surface area contributed by atoms with E-state index in [0.717, 1.165) is 65.2 Å². The Kier molecular flexibility index (Phi) is 3.42. The number of rotatable bonds is 3. The van der Waals surface area contributed by atoms with Crippen LogP contribution in [0.25, 0.3) is 33.3 Å². The Morgan fingerprint density at radius 2 is 2.04 bits per heavy atom. The predicted octanol–water partition coefficient (Wildman–Crippen LogP) is 4.74. The molecule has 0 amide bonds. The van der Waals surface area contributed by atoms with Gasteiger partial charge >= 0.3 is 0 Å². The molecule has 4 aromatic rings. The summed E-state index contributed by atoms with van der Waals surface area (Å²) in [7, 11) is 0. The van der Waals surface area contributed by atoms with Crippen molar-refractivity contribution < 1.29 is 4.42 Å². The number of aromatic nitrogens is 2. The smallest absolute Gasteiger partial charge is 0.137 e. The molecule has 0 saturated carbocycles. The molecule has 3 heterocycles. The minimum atomic E-state index is 0.846. The number of nitrogens with zero attached hydrogens (tertiary/aromatic N) is 2. The van der Waals surface area contributed by atoms with Crippen LogP contribution in [0.3, 0.4) is 0 Å². The quantitative estimate of drug-likeness (QED) is 0.552. The van der Waals surface area contributed by atoms with E-state index in [1.165, 1.54) is 0 Å². The number of H-pyrrole nitrogens is 1. The molecule has 25 heavy (non-hydrogen) atoms. The lowest BCUT2D eigenvalue weighted by Gasteiger charge is -2.21. The van der Waals surface area contributed by atoms with Crippen molar-refractivity contribution in [3.63, 3.8) is 0 Å². The zero-order chi connectivity index (χ0) is 16.6. The summed E-state index contributed by atoms with van der Waals surface area (Å²) in [5.74, 6) is 1.89. The number of fused-ring (bicyclic) bond motifs is 2. The second kappa shape index (κ2) is 5.90. The van der Waals surface area contributed by atoms with Gasteiger partial charge in [0.15, 0.2) is 0 Å². The standard InChI is InChI=1S/C21H19N3O/c1-4-11-24(12-5-1)14-20-22-17-9-6-8-16(21(17)23-20)19-13-15-7-2-3-10-18(15)25-19/h1-4,6-10,13H,5,11-12,14H2,(H,22,23). The van der Waals surface area contributed by atoms with Crippen molar-refractivity contribution in [1.29, 1.82) is 0 Å². The van der Waals surface area contributed by atoms with Crippen molar-refractivity contribution in [2.24, 2.45) is 0 Å². The number of benzene rings is 2. The van der Waals surface area contributed by atoms with Gasteiger partial charge in [0, 0.05) is 24.0 Å². The van der Waals surface area contributed by atoms with E-state index < -0.39 is 0 Å². The van der Waals surface area contributed by atoms with Gasteiger partial charge in [-0.05, 0) is 30.7 Å². The average Bonchev–Trinajstić information content (AvgIpc) is 3.25. The van der Waals surface area contributed by atoms with E-state index in [0.29, 0.717) is 0 Å². The number of hydrogen-bond acceptors (Lipinski definition) is 3. The Hall–Kier alpha value is -2.85. The van der Waals surface area contributed by atoms with Gasteiger partial charge in [-0.15, -0.1) is 0 Å². The Morgan fingerprint density at radius 3 is 2.92 bits per heavy atom. The first-order chi connectivity index (χ1) is 12.4. The van der Waals surface area contributed by atoms with Crippen LogP contribution in [0.2, 0.25) is 0 Å². The van der Waals surface area contributed by atoms with Gasteiger partial charge in [0.1, 0.15) is 17.2 Å². The molecule has 1 aliphatic rings. The SMILES string of the molecule is C1=CCN(Cc2nc3cccc(-c4cc5ccccc5o4)c3[nH]2)CC1. The predicted molar refractivity (Wildman–Crippen MR) is 100 cm³/mol. The fourth-order valence-corrected chi connectivity index (χ4v) is 3.52. The maximum absolute atomic E-state index is 6.05. The Bertz CT molecular complexity index is 1040. The van der Waals surface area contributed by atoms with E-state index in [9.17, 15) is 0 Å². The van der Waals surface area contributed by atoms with Crippen LogP contribution in [0.5, 0.6) is 0 Å². The fourth-order valence-electron chi connectivity index (χ4n) is 3.52. The maximum atomic E-state index is 6.05. The monoisotopic (exact) mass is 329 g/mol. The minimum absolute atomic E-state index is 0.846. The number of hydrogen-bond donors (Lipinski definition) is 1. The van der Waals surface area contributed by atoms with Crippen LogP contribution in [0.4, 0.5) is 0 Å². The molecule has 1 aliphatic heterocycles. The third-order valence-corrected chi connectivity index (χ3v) is 4.77. The van der Waals surface area contributed by atoms with E-state index in [4.69, 9.17) is 9.40 Å². The van der Waals surface area contributed by atoms with E-state index in [-0.39, 0.29) is 0 Å². The molecule has 4 heteroatoms. The van der Waals surface area contributed by atoms with Crippen molar-refractivity contribution in [3.05, 3.63) is 66.5 Å². The van der Waals surface area contributed by atoms with E-state index >= 15 is 0 Å². The molecule has 0 bridgehead atoms. The van der Waals surface area contributed by atoms with E-state index in [2.05, 4.69) is 46.3 Å². The molecule has 0 fully saturated rings. The summed E-state index contributed by atoms with van der Waals surface area (Å²) >= 11 is 0. The molecular weight excluding hydrogens is 310 g/mol. The van der Waals surface area contributed by atoms with Crippen LogP contribution in [0.1, 0.15) is 12.2 Å². The zero-order valence-electron chi connectivity index (χ0n) is 13.9. The number of furan rings is 1. The molecule has 5 rings (SSSR count). The van der Waals surface area contributed by atoms with Gasteiger partial charge in [-0.2, -0.15) is 0 Å². The van der Waals surface area contributed by atoms with Gasteiger partial charge in [-0.1, -0.05) is 36.4 Å². The number of aromatic amines is 1. The highest BCUT2D eigenvalue weighted by molar-refractivity contribution is 5.93. The molecule has 124 valence electrons. The van der Waals surface area contributed by atoms with Crippen molar-refractivity contribution in [1.82, 2.24) is 14.9 Å². The van der Waals surface area contributed by atoms with Crippen LogP contribution in [0, 0.1) is 0 Å². The lowest BCUT2D eigenvalue weighted by Crippen LogP contribution is -2.27. The molecule has 0 unspecified atom stereocenters. The van der Waals surface area contributed by atoms with Gasteiger partial charge in [0.05, 0.1) is 17.6 Å². The molecule has 4 nitrogen and oxygen atoms in total. The highest BCUT2D eigenvalue weighted by atomic mass is 16.3. The minimum Gasteiger partial charge on any atom is -0.456 e.